The Morgan fingerprint density at radius 2 is 2.24 bits per heavy atom. The third kappa shape index (κ3) is 2.74. The zero-order valence-electron chi connectivity index (χ0n) is 9.93. The Kier molecular flexibility index (Phi) is 3.58. The number of nitrogens with zero attached hydrogens (tertiary/aromatic N) is 2. The minimum Gasteiger partial charge on any atom is -0.472 e. The van der Waals surface area contributed by atoms with Gasteiger partial charge in [0.2, 0.25) is 5.88 Å². The lowest BCUT2D eigenvalue weighted by atomic mass is 10.3. The molecule has 2 N–H and O–H groups in total. The Morgan fingerprint density at radius 3 is 2.88 bits per heavy atom. The van der Waals surface area contributed by atoms with Crippen LogP contribution in [0.2, 0.25) is 0 Å². The first-order chi connectivity index (χ1) is 8.20. The van der Waals surface area contributed by atoms with Gasteiger partial charge in [0.25, 0.3) is 0 Å². The number of ether oxygens (including phenoxy) is 1. The Labute approximate surface area is 104 Å². The highest BCUT2D eigenvalue weighted by molar-refractivity contribution is 7.09. The zero-order valence-corrected chi connectivity index (χ0v) is 10.8. The van der Waals surface area contributed by atoms with E-state index in [-0.39, 0.29) is 0 Å². The molecular formula is C12H15N3OS. The van der Waals surface area contributed by atoms with Crippen LogP contribution in [0, 0.1) is 6.92 Å². The maximum Gasteiger partial charge on any atom is 0.222 e. The highest BCUT2D eigenvalue weighted by Gasteiger charge is 2.09. The molecule has 0 spiro atoms. The summed E-state index contributed by atoms with van der Waals surface area (Å²) in [6.07, 6.45) is 0.750. The monoisotopic (exact) mass is 249 g/mol. The second-order valence-corrected chi connectivity index (χ2v) is 4.71. The van der Waals surface area contributed by atoms with Crippen LogP contribution in [0.1, 0.15) is 23.2 Å². The lowest BCUT2D eigenvalue weighted by Gasteiger charge is -2.09. The van der Waals surface area contributed by atoms with Crippen molar-refractivity contribution in [2.24, 2.45) is 0 Å². The third-order valence-corrected chi connectivity index (χ3v) is 3.28. The molecule has 0 amide bonds. The van der Waals surface area contributed by atoms with Gasteiger partial charge in [-0.3, -0.25) is 0 Å². The van der Waals surface area contributed by atoms with E-state index in [0.717, 1.165) is 12.0 Å². The second kappa shape index (κ2) is 5.14. The molecular weight excluding hydrogens is 234 g/mol. The normalized spacial score (nSPS) is 10.5. The summed E-state index contributed by atoms with van der Waals surface area (Å²) < 4.78 is 5.68. The summed E-state index contributed by atoms with van der Waals surface area (Å²) in [7, 11) is 0. The fraction of sp³-hybridized carbons (Fsp3) is 0.333. The van der Waals surface area contributed by atoms with E-state index in [4.69, 9.17) is 10.5 Å². The molecule has 0 fully saturated rings. The highest BCUT2D eigenvalue weighted by Crippen LogP contribution is 2.21. The summed E-state index contributed by atoms with van der Waals surface area (Å²) in [6, 6.07) is 4.04. The van der Waals surface area contributed by atoms with Crippen LogP contribution in [0.15, 0.2) is 17.5 Å². The number of rotatable bonds is 4. The number of hydrogen-bond acceptors (Lipinski definition) is 5. The van der Waals surface area contributed by atoms with Crippen LogP contribution in [0.5, 0.6) is 5.88 Å². The minimum atomic E-state index is 0.498. The maximum absolute atomic E-state index is 5.82. The summed E-state index contributed by atoms with van der Waals surface area (Å²) in [5.74, 6) is 1.80. The summed E-state index contributed by atoms with van der Waals surface area (Å²) in [6.45, 7) is 4.39. The SMILES string of the molecule is CCc1nc(N)c(C)c(OCc2cccs2)n1. The molecule has 0 aromatic carbocycles. The molecule has 2 heterocycles. The summed E-state index contributed by atoms with van der Waals surface area (Å²) in [5, 5.41) is 2.03. The van der Waals surface area contributed by atoms with Crippen molar-refractivity contribution in [1.82, 2.24) is 9.97 Å². The molecule has 0 aliphatic carbocycles. The van der Waals surface area contributed by atoms with Gasteiger partial charge in [-0.25, -0.2) is 4.98 Å². The smallest absolute Gasteiger partial charge is 0.222 e. The van der Waals surface area contributed by atoms with Crippen LogP contribution in [0.25, 0.3) is 0 Å². The quantitative estimate of drug-likeness (QED) is 0.904. The van der Waals surface area contributed by atoms with Crippen LogP contribution >= 0.6 is 11.3 Å². The van der Waals surface area contributed by atoms with Crippen LogP contribution in [0.3, 0.4) is 0 Å². The number of hydrogen-bond donors (Lipinski definition) is 1. The number of nitrogen functional groups attached to an aromatic ring is 1. The highest BCUT2D eigenvalue weighted by atomic mass is 32.1. The molecule has 0 bridgehead atoms. The van der Waals surface area contributed by atoms with Gasteiger partial charge in [0.05, 0.1) is 5.56 Å². The van der Waals surface area contributed by atoms with E-state index in [9.17, 15) is 0 Å². The van der Waals surface area contributed by atoms with E-state index in [0.29, 0.717) is 24.1 Å². The van der Waals surface area contributed by atoms with E-state index >= 15 is 0 Å². The van der Waals surface area contributed by atoms with Crippen molar-refractivity contribution in [2.45, 2.75) is 26.9 Å². The standard InChI is InChI=1S/C12H15N3OS/c1-3-10-14-11(13)8(2)12(15-10)16-7-9-5-4-6-17-9/h4-6H,3,7H2,1-2H3,(H2,13,14,15). The number of nitrogens with two attached hydrogens (primary N) is 1. The summed E-state index contributed by atoms with van der Waals surface area (Å²) in [5.41, 5.74) is 6.62. The average Bonchev–Trinajstić information content (AvgIpc) is 2.84. The van der Waals surface area contributed by atoms with Crippen LogP contribution in [0.4, 0.5) is 5.82 Å². The first-order valence-corrected chi connectivity index (χ1v) is 6.36. The molecule has 4 nitrogen and oxygen atoms in total. The van der Waals surface area contributed by atoms with E-state index in [2.05, 4.69) is 9.97 Å². The molecule has 2 aromatic heterocycles. The molecule has 0 atom stereocenters. The maximum atomic E-state index is 5.82. The van der Waals surface area contributed by atoms with Crippen LogP contribution in [-0.2, 0) is 13.0 Å². The Morgan fingerprint density at radius 1 is 1.41 bits per heavy atom. The van der Waals surface area contributed by atoms with Crippen molar-refractivity contribution >= 4 is 17.2 Å². The molecule has 0 saturated heterocycles. The first kappa shape index (κ1) is 11.9. The molecule has 5 heteroatoms. The molecule has 17 heavy (non-hydrogen) atoms. The van der Waals surface area contributed by atoms with E-state index < -0.39 is 0 Å². The van der Waals surface area contributed by atoms with Gasteiger partial charge in [-0.15, -0.1) is 11.3 Å². The molecule has 0 aliphatic rings. The number of thiophene rings is 1. The van der Waals surface area contributed by atoms with Crippen molar-refractivity contribution < 1.29 is 4.74 Å². The van der Waals surface area contributed by atoms with Gasteiger partial charge in [-0.2, -0.15) is 4.98 Å². The second-order valence-electron chi connectivity index (χ2n) is 3.68. The van der Waals surface area contributed by atoms with Crippen molar-refractivity contribution in [2.75, 3.05) is 5.73 Å². The summed E-state index contributed by atoms with van der Waals surface area (Å²) in [4.78, 5) is 9.69. The molecule has 0 saturated carbocycles. The van der Waals surface area contributed by atoms with Crippen molar-refractivity contribution in [3.8, 4) is 5.88 Å². The average molecular weight is 249 g/mol. The van der Waals surface area contributed by atoms with Gasteiger partial charge in [0.15, 0.2) is 0 Å². The Bertz CT molecular complexity index is 497. The predicted octanol–water partition coefficient (Wildman–Crippen LogP) is 2.57. The third-order valence-electron chi connectivity index (χ3n) is 2.43. The zero-order chi connectivity index (χ0) is 12.3. The molecule has 2 aromatic rings. The van der Waals surface area contributed by atoms with Gasteiger partial charge in [0, 0.05) is 11.3 Å². The summed E-state index contributed by atoms with van der Waals surface area (Å²) >= 11 is 1.66. The molecule has 0 radical (unpaired) electrons. The Hall–Kier alpha value is -1.62. The predicted molar refractivity (Wildman–Crippen MR) is 69.2 cm³/mol. The fourth-order valence-corrected chi connectivity index (χ4v) is 2.01. The molecule has 2 rings (SSSR count). The van der Waals surface area contributed by atoms with Crippen molar-refractivity contribution in [3.05, 3.63) is 33.8 Å². The number of aryl methyl sites for hydroxylation is 1. The molecule has 0 aliphatic heterocycles. The van der Waals surface area contributed by atoms with Gasteiger partial charge in [-0.05, 0) is 18.4 Å². The number of anilines is 1. The van der Waals surface area contributed by atoms with E-state index in [1.807, 2.05) is 31.4 Å². The Balaban J connectivity index is 2.17. The van der Waals surface area contributed by atoms with Crippen molar-refractivity contribution in [3.63, 3.8) is 0 Å². The van der Waals surface area contributed by atoms with Gasteiger partial charge in [0.1, 0.15) is 18.2 Å². The minimum absolute atomic E-state index is 0.498. The molecule has 0 unspecified atom stereocenters. The first-order valence-electron chi connectivity index (χ1n) is 5.49. The van der Waals surface area contributed by atoms with Gasteiger partial charge >= 0.3 is 0 Å². The molecule has 90 valence electrons. The number of aromatic nitrogens is 2. The van der Waals surface area contributed by atoms with Crippen molar-refractivity contribution in [1.29, 1.82) is 0 Å². The lowest BCUT2D eigenvalue weighted by molar-refractivity contribution is 0.293. The topological polar surface area (TPSA) is 61.0 Å². The van der Waals surface area contributed by atoms with Crippen LogP contribution in [-0.4, -0.2) is 9.97 Å². The fourth-order valence-electron chi connectivity index (χ4n) is 1.39. The van der Waals surface area contributed by atoms with E-state index in [1.165, 1.54) is 4.88 Å². The van der Waals surface area contributed by atoms with E-state index in [1.54, 1.807) is 11.3 Å². The van der Waals surface area contributed by atoms with Gasteiger partial charge in [-0.1, -0.05) is 13.0 Å². The largest absolute Gasteiger partial charge is 0.472 e. The van der Waals surface area contributed by atoms with Gasteiger partial charge < -0.3 is 10.5 Å². The van der Waals surface area contributed by atoms with Crippen LogP contribution < -0.4 is 10.5 Å². The lowest BCUT2D eigenvalue weighted by Crippen LogP contribution is -2.06.